The molecule has 2 bridgehead atoms. The highest BCUT2D eigenvalue weighted by molar-refractivity contribution is 5.80. The summed E-state index contributed by atoms with van der Waals surface area (Å²) in [5, 5.41) is 7.68. The Hall–Kier alpha value is -2.17. The lowest BCUT2D eigenvalue weighted by Gasteiger charge is -2.21. The highest BCUT2D eigenvalue weighted by Crippen LogP contribution is 2.52. The van der Waals surface area contributed by atoms with Gasteiger partial charge in [-0.3, -0.25) is 4.79 Å². The van der Waals surface area contributed by atoms with Crippen molar-refractivity contribution in [3.8, 4) is 0 Å². The zero-order valence-electron chi connectivity index (χ0n) is 11.2. The van der Waals surface area contributed by atoms with Crippen molar-refractivity contribution in [2.24, 2.45) is 0 Å². The molecular weight excluding hydrogens is 254 g/mol. The Labute approximate surface area is 116 Å². The number of hydrogen-bond donors (Lipinski definition) is 0. The molecule has 2 aromatic rings. The van der Waals surface area contributed by atoms with Crippen LogP contribution in [0.2, 0.25) is 0 Å². The number of hydrogen-bond acceptors (Lipinski definition) is 4. The van der Waals surface area contributed by atoms with Crippen molar-refractivity contribution in [3.63, 3.8) is 0 Å². The largest absolute Gasteiger partial charge is 0.425 e. The number of benzene rings is 1. The lowest BCUT2D eigenvalue weighted by Crippen LogP contribution is -2.29. The zero-order chi connectivity index (χ0) is 13.7. The van der Waals surface area contributed by atoms with Crippen LogP contribution in [0.4, 0.5) is 0 Å². The standard InChI is InChI=1S/C15H15N3O2/c1-9-16-17-14(20-9)8-15(19)18-12-6-7-13(18)11-5-3-2-4-10(11)12/h2-5,12-13H,6-8H2,1H3. The monoisotopic (exact) mass is 269 g/mol. The fourth-order valence-electron chi connectivity index (χ4n) is 3.52. The van der Waals surface area contributed by atoms with Gasteiger partial charge in [-0.25, -0.2) is 0 Å². The minimum Gasteiger partial charge on any atom is -0.425 e. The van der Waals surface area contributed by atoms with E-state index in [9.17, 15) is 4.79 Å². The van der Waals surface area contributed by atoms with E-state index in [-0.39, 0.29) is 24.4 Å². The van der Waals surface area contributed by atoms with Gasteiger partial charge in [0.1, 0.15) is 6.42 Å². The molecule has 5 heteroatoms. The summed E-state index contributed by atoms with van der Waals surface area (Å²) in [7, 11) is 0. The Morgan fingerprint density at radius 3 is 2.45 bits per heavy atom. The van der Waals surface area contributed by atoms with Gasteiger partial charge in [-0.05, 0) is 24.0 Å². The Morgan fingerprint density at radius 2 is 1.90 bits per heavy atom. The van der Waals surface area contributed by atoms with Crippen LogP contribution in [0.1, 0.15) is 47.8 Å². The third-order valence-corrected chi connectivity index (χ3v) is 4.26. The summed E-state index contributed by atoms with van der Waals surface area (Å²) in [6, 6.07) is 8.82. The molecule has 0 spiro atoms. The molecule has 4 rings (SSSR count). The first-order valence-corrected chi connectivity index (χ1v) is 6.93. The second-order valence-electron chi connectivity index (χ2n) is 5.43. The molecule has 5 nitrogen and oxygen atoms in total. The lowest BCUT2D eigenvalue weighted by molar-refractivity contribution is -0.133. The zero-order valence-corrected chi connectivity index (χ0v) is 11.2. The van der Waals surface area contributed by atoms with Gasteiger partial charge in [-0.2, -0.15) is 0 Å². The molecule has 2 aliphatic heterocycles. The molecule has 3 heterocycles. The average Bonchev–Trinajstić information content (AvgIpc) is 3.12. The molecule has 1 aromatic heterocycles. The first-order valence-electron chi connectivity index (χ1n) is 6.93. The third kappa shape index (κ3) is 1.59. The molecule has 20 heavy (non-hydrogen) atoms. The Kier molecular flexibility index (Phi) is 2.42. The van der Waals surface area contributed by atoms with Gasteiger partial charge in [0.2, 0.25) is 17.7 Å². The van der Waals surface area contributed by atoms with Crippen molar-refractivity contribution in [1.82, 2.24) is 15.1 Å². The van der Waals surface area contributed by atoms with Gasteiger partial charge in [-0.1, -0.05) is 24.3 Å². The minimum absolute atomic E-state index is 0.0809. The summed E-state index contributed by atoms with van der Waals surface area (Å²) < 4.78 is 5.31. The van der Waals surface area contributed by atoms with E-state index in [4.69, 9.17) is 4.42 Å². The minimum atomic E-state index is 0.0809. The van der Waals surface area contributed by atoms with E-state index in [0.717, 1.165) is 12.8 Å². The maximum absolute atomic E-state index is 12.6. The van der Waals surface area contributed by atoms with E-state index in [1.807, 2.05) is 17.0 Å². The highest BCUT2D eigenvalue weighted by Gasteiger charge is 2.46. The van der Waals surface area contributed by atoms with E-state index in [1.165, 1.54) is 11.1 Å². The quantitative estimate of drug-likeness (QED) is 0.839. The molecule has 2 aliphatic rings. The van der Waals surface area contributed by atoms with Gasteiger partial charge in [0.15, 0.2) is 0 Å². The molecule has 102 valence electrons. The first-order chi connectivity index (χ1) is 9.74. The maximum atomic E-state index is 12.6. The van der Waals surface area contributed by atoms with Crippen molar-refractivity contribution >= 4 is 5.91 Å². The average molecular weight is 269 g/mol. The Balaban J connectivity index is 1.60. The van der Waals surface area contributed by atoms with Crippen LogP contribution in [-0.2, 0) is 11.2 Å². The SMILES string of the molecule is Cc1nnc(CC(=O)N2C3CCC2c2ccccc23)o1. The summed E-state index contributed by atoms with van der Waals surface area (Å²) in [4.78, 5) is 14.6. The van der Waals surface area contributed by atoms with Crippen LogP contribution in [0, 0.1) is 6.92 Å². The van der Waals surface area contributed by atoms with Gasteiger partial charge in [0.25, 0.3) is 0 Å². The number of rotatable bonds is 2. The number of fused-ring (bicyclic) bond motifs is 5. The van der Waals surface area contributed by atoms with Crippen LogP contribution in [-0.4, -0.2) is 21.0 Å². The van der Waals surface area contributed by atoms with Gasteiger partial charge in [0.05, 0.1) is 12.1 Å². The van der Waals surface area contributed by atoms with Gasteiger partial charge in [-0.15, -0.1) is 10.2 Å². The highest BCUT2D eigenvalue weighted by atomic mass is 16.4. The van der Waals surface area contributed by atoms with Crippen molar-refractivity contribution < 1.29 is 9.21 Å². The van der Waals surface area contributed by atoms with Gasteiger partial charge in [0, 0.05) is 6.92 Å². The maximum Gasteiger partial charge on any atom is 0.233 e. The van der Waals surface area contributed by atoms with E-state index in [2.05, 4.69) is 22.3 Å². The first kappa shape index (κ1) is 11.6. The summed E-state index contributed by atoms with van der Waals surface area (Å²) in [5.74, 6) is 0.987. The summed E-state index contributed by atoms with van der Waals surface area (Å²) in [6.07, 6.45) is 2.30. The molecule has 0 aliphatic carbocycles. The Morgan fingerprint density at radius 1 is 1.25 bits per heavy atom. The van der Waals surface area contributed by atoms with Crippen LogP contribution < -0.4 is 0 Å². The smallest absolute Gasteiger partial charge is 0.233 e. The predicted molar refractivity (Wildman–Crippen MR) is 70.7 cm³/mol. The summed E-state index contributed by atoms with van der Waals surface area (Å²) in [6.45, 7) is 1.73. The molecule has 0 N–H and O–H groups in total. The second kappa shape index (κ2) is 4.16. The molecular formula is C15H15N3O2. The second-order valence-corrected chi connectivity index (χ2v) is 5.43. The van der Waals surface area contributed by atoms with E-state index >= 15 is 0 Å². The molecule has 0 saturated carbocycles. The number of aromatic nitrogens is 2. The molecule has 1 saturated heterocycles. The van der Waals surface area contributed by atoms with E-state index < -0.39 is 0 Å². The summed E-state index contributed by atoms with van der Waals surface area (Å²) in [5.41, 5.74) is 2.61. The van der Waals surface area contributed by atoms with Crippen LogP contribution in [0.5, 0.6) is 0 Å². The number of carbonyl (C=O) groups excluding carboxylic acids is 1. The molecule has 2 unspecified atom stereocenters. The van der Waals surface area contributed by atoms with Crippen molar-refractivity contribution in [2.45, 2.75) is 38.3 Å². The van der Waals surface area contributed by atoms with Gasteiger partial charge < -0.3 is 9.32 Å². The molecule has 1 aromatic carbocycles. The van der Waals surface area contributed by atoms with E-state index in [1.54, 1.807) is 6.92 Å². The fraction of sp³-hybridized carbons (Fsp3) is 0.400. The van der Waals surface area contributed by atoms with Crippen LogP contribution in [0.3, 0.4) is 0 Å². The molecule has 0 radical (unpaired) electrons. The normalized spacial score (nSPS) is 23.1. The topological polar surface area (TPSA) is 59.2 Å². The van der Waals surface area contributed by atoms with E-state index in [0.29, 0.717) is 11.8 Å². The van der Waals surface area contributed by atoms with Gasteiger partial charge >= 0.3 is 0 Å². The summed E-state index contributed by atoms with van der Waals surface area (Å²) >= 11 is 0. The predicted octanol–water partition coefficient (Wildman–Crippen LogP) is 2.34. The van der Waals surface area contributed by atoms with Crippen molar-refractivity contribution in [1.29, 1.82) is 0 Å². The number of nitrogens with zero attached hydrogens (tertiary/aromatic N) is 3. The van der Waals surface area contributed by atoms with Crippen molar-refractivity contribution in [3.05, 3.63) is 47.2 Å². The van der Waals surface area contributed by atoms with Crippen LogP contribution in [0.25, 0.3) is 0 Å². The van der Waals surface area contributed by atoms with Crippen LogP contribution >= 0.6 is 0 Å². The number of aryl methyl sites for hydroxylation is 1. The number of carbonyl (C=O) groups is 1. The molecule has 1 amide bonds. The molecule has 2 atom stereocenters. The fourth-order valence-corrected chi connectivity index (χ4v) is 3.52. The third-order valence-electron chi connectivity index (χ3n) is 4.26. The lowest BCUT2D eigenvalue weighted by atomic mass is 9.92. The van der Waals surface area contributed by atoms with Crippen LogP contribution in [0.15, 0.2) is 28.7 Å². The van der Waals surface area contributed by atoms with Crippen molar-refractivity contribution in [2.75, 3.05) is 0 Å². The molecule has 1 fully saturated rings. The Bertz CT molecular complexity index is 648. The number of amides is 1.